The quantitative estimate of drug-likeness (QED) is 0.315. The SMILES string of the molecule is CCOC(=O)N1CCN(C(=O)C(CP(=O)(OCC)OCC)NC(=O)c2cc(N3CCC(OC)C3)nc(-c3ccccc3)n2)CC1C. The number of hydrogen-bond acceptors (Lipinski definition) is 11. The predicted molar refractivity (Wildman–Crippen MR) is 172 cm³/mol. The van der Waals surface area contributed by atoms with Gasteiger partial charge in [-0.2, -0.15) is 0 Å². The van der Waals surface area contributed by atoms with Crippen molar-refractivity contribution < 1.29 is 37.5 Å². The molecule has 4 rings (SSSR count). The zero-order valence-electron chi connectivity index (χ0n) is 27.2. The van der Waals surface area contributed by atoms with Crippen LogP contribution in [-0.2, 0) is 27.9 Å². The van der Waals surface area contributed by atoms with Gasteiger partial charge in [0.05, 0.1) is 32.1 Å². The Morgan fingerprint density at radius 1 is 1.00 bits per heavy atom. The second kappa shape index (κ2) is 16.3. The standard InChI is InChI=1S/C31H45N6O8P/c1-6-43-31(40)37-17-16-36(19-22(37)4)30(39)26(21-46(41,44-7-2)45-8-3)33-29(38)25-18-27(35-15-14-24(20-35)42-5)34-28(32-25)23-12-10-9-11-13-23/h9-13,18,22,24,26H,6-8,14-17,19-21H2,1-5H3,(H,33,38). The molecule has 2 fully saturated rings. The van der Waals surface area contributed by atoms with Gasteiger partial charge >= 0.3 is 13.7 Å². The molecule has 3 unspecified atom stereocenters. The highest BCUT2D eigenvalue weighted by Gasteiger charge is 2.39. The number of amides is 3. The molecule has 15 heteroatoms. The van der Waals surface area contributed by atoms with E-state index in [1.807, 2.05) is 42.2 Å². The van der Waals surface area contributed by atoms with E-state index in [9.17, 15) is 18.9 Å². The van der Waals surface area contributed by atoms with Crippen molar-refractivity contribution in [1.82, 2.24) is 25.1 Å². The molecular weight excluding hydrogens is 615 g/mol. The summed E-state index contributed by atoms with van der Waals surface area (Å²) in [5.41, 5.74) is 0.768. The molecule has 2 aliphatic heterocycles. The van der Waals surface area contributed by atoms with Crippen LogP contribution in [0.3, 0.4) is 0 Å². The van der Waals surface area contributed by atoms with Crippen LogP contribution in [0.1, 0.15) is 44.6 Å². The highest BCUT2D eigenvalue weighted by atomic mass is 31.2. The van der Waals surface area contributed by atoms with E-state index in [2.05, 4.69) is 10.3 Å². The zero-order chi connectivity index (χ0) is 33.3. The van der Waals surface area contributed by atoms with Crippen LogP contribution in [0.25, 0.3) is 11.4 Å². The number of aromatic nitrogens is 2. The molecule has 1 N–H and O–H groups in total. The number of methoxy groups -OCH3 is 1. The molecule has 0 radical (unpaired) electrons. The smallest absolute Gasteiger partial charge is 0.410 e. The van der Waals surface area contributed by atoms with Gasteiger partial charge in [-0.1, -0.05) is 30.3 Å². The number of nitrogens with zero attached hydrogens (tertiary/aromatic N) is 5. The topological polar surface area (TPSA) is 153 Å². The Labute approximate surface area is 270 Å². The lowest BCUT2D eigenvalue weighted by Gasteiger charge is -2.40. The number of anilines is 1. The largest absolute Gasteiger partial charge is 0.450 e. The van der Waals surface area contributed by atoms with Crippen molar-refractivity contribution in [3.8, 4) is 11.4 Å². The van der Waals surface area contributed by atoms with Crippen molar-refractivity contribution in [2.24, 2.45) is 0 Å². The molecule has 0 saturated carbocycles. The van der Waals surface area contributed by atoms with Crippen LogP contribution in [0.2, 0.25) is 0 Å². The van der Waals surface area contributed by atoms with Gasteiger partial charge in [-0.15, -0.1) is 0 Å². The summed E-state index contributed by atoms with van der Waals surface area (Å²) in [4.78, 5) is 54.8. The van der Waals surface area contributed by atoms with E-state index >= 15 is 0 Å². The number of benzene rings is 1. The summed E-state index contributed by atoms with van der Waals surface area (Å²) in [5, 5.41) is 2.79. The molecule has 1 aromatic carbocycles. The summed E-state index contributed by atoms with van der Waals surface area (Å²) in [6, 6.07) is 9.29. The van der Waals surface area contributed by atoms with Gasteiger partial charge in [-0.3, -0.25) is 14.2 Å². The first-order valence-corrected chi connectivity index (χ1v) is 17.5. The Hall–Kier alpha value is -3.58. The Kier molecular flexibility index (Phi) is 12.5. The first-order chi connectivity index (χ1) is 22.1. The number of carbonyl (C=O) groups excluding carboxylic acids is 3. The monoisotopic (exact) mass is 660 g/mol. The number of piperazine rings is 1. The van der Waals surface area contributed by atoms with Gasteiger partial charge < -0.3 is 38.5 Å². The summed E-state index contributed by atoms with van der Waals surface area (Å²) in [6.45, 7) is 9.26. The van der Waals surface area contributed by atoms with Crippen LogP contribution in [0, 0.1) is 0 Å². The van der Waals surface area contributed by atoms with Gasteiger partial charge in [0.2, 0.25) is 5.91 Å². The van der Waals surface area contributed by atoms with Crippen LogP contribution >= 0.6 is 7.60 Å². The minimum Gasteiger partial charge on any atom is -0.450 e. The van der Waals surface area contributed by atoms with Crippen molar-refractivity contribution in [2.75, 3.05) is 70.7 Å². The van der Waals surface area contributed by atoms with E-state index < -0.39 is 31.5 Å². The Balaban J connectivity index is 1.64. The van der Waals surface area contributed by atoms with Crippen LogP contribution in [0.4, 0.5) is 10.6 Å². The van der Waals surface area contributed by atoms with Crippen molar-refractivity contribution >= 4 is 31.3 Å². The van der Waals surface area contributed by atoms with E-state index in [0.717, 1.165) is 12.0 Å². The van der Waals surface area contributed by atoms with Crippen LogP contribution in [-0.4, -0.2) is 122 Å². The average Bonchev–Trinajstić information content (AvgIpc) is 3.54. The number of carbonyl (C=O) groups is 3. The Morgan fingerprint density at radius 3 is 2.33 bits per heavy atom. The fourth-order valence-electron chi connectivity index (χ4n) is 5.59. The Morgan fingerprint density at radius 2 is 1.72 bits per heavy atom. The van der Waals surface area contributed by atoms with Gasteiger partial charge in [-0.05, 0) is 34.1 Å². The van der Waals surface area contributed by atoms with Crippen LogP contribution < -0.4 is 10.2 Å². The third-order valence-corrected chi connectivity index (χ3v) is 10.00. The number of rotatable bonds is 13. The zero-order valence-corrected chi connectivity index (χ0v) is 28.1. The van der Waals surface area contributed by atoms with E-state index in [4.69, 9.17) is 23.5 Å². The number of ether oxygens (including phenoxy) is 2. The molecule has 14 nitrogen and oxygen atoms in total. The minimum atomic E-state index is -3.78. The van der Waals surface area contributed by atoms with Crippen LogP contribution in [0.5, 0.6) is 0 Å². The van der Waals surface area contributed by atoms with E-state index in [1.54, 1.807) is 43.7 Å². The lowest BCUT2D eigenvalue weighted by molar-refractivity contribution is -0.135. The molecule has 3 atom stereocenters. The second-order valence-electron chi connectivity index (χ2n) is 11.1. The molecule has 0 bridgehead atoms. The first-order valence-electron chi connectivity index (χ1n) is 15.7. The summed E-state index contributed by atoms with van der Waals surface area (Å²) in [7, 11) is -2.11. The summed E-state index contributed by atoms with van der Waals surface area (Å²) in [6.07, 6.45) is 0.0161. The van der Waals surface area contributed by atoms with Crippen molar-refractivity contribution in [2.45, 2.75) is 52.3 Å². The van der Waals surface area contributed by atoms with E-state index in [-0.39, 0.29) is 63.5 Å². The molecule has 252 valence electrons. The molecule has 2 aromatic rings. The van der Waals surface area contributed by atoms with E-state index in [0.29, 0.717) is 24.7 Å². The predicted octanol–water partition coefficient (Wildman–Crippen LogP) is 3.42. The number of hydrogen-bond donors (Lipinski definition) is 1. The molecule has 3 heterocycles. The second-order valence-corrected chi connectivity index (χ2v) is 13.2. The average molecular weight is 661 g/mol. The van der Waals surface area contributed by atoms with Gasteiger partial charge in [0.15, 0.2) is 5.82 Å². The highest BCUT2D eigenvalue weighted by molar-refractivity contribution is 7.54. The van der Waals surface area contributed by atoms with Crippen molar-refractivity contribution in [3.05, 3.63) is 42.1 Å². The lowest BCUT2D eigenvalue weighted by Crippen LogP contribution is -2.59. The normalized spacial score (nSPS) is 19.2. The summed E-state index contributed by atoms with van der Waals surface area (Å²) < 4.78 is 35.3. The fraction of sp³-hybridized carbons (Fsp3) is 0.581. The van der Waals surface area contributed by atoms with Gasteiger partial charge in [0, 0.05) is 57.5 Å². The number of nitrogens with one attached hydrogen (secondary N) is 1. The maximum atomic E-state index is 14.0. The molecular formula is C31H45N6O8P. The van der Waals surface area contributed by atoms with Gasteiger partial charge in [0.25, 0.3) is 5.91 Å². The van der Waals surface area contributed by atoms with E-state index in [1.165, 1.54) is 0 Å². The van der Waals surface area contributed by atoms with Gasteiger partial charge in [-0.25, -0.2) is 14.8 Å². The maximum Gasteiger partial charge on any atom is 0.410 e. The summed E-state index contributed by atoms with van der Waals surface area (Å²) >= 11 is 0. The Bertz CT molecular complexity index is 1390. The molecule has 46 heavy (non-hydrogen) atoms. The first kappa shape index (κ1) is 35.3. The molecule has 1 aromatic heterocycles. The third kappa shape index (κ3) is 8.81. The minimum absolute atomic E-state index is 0.0346. The summed E-state index contributed by atoms with van der Waals surface area (Å²) in [5.74, 6) is -0.201. The maximum absolute atomic E-state index is 14.0. The van der Waals surface area contributed by atoms with Crippen LogP contribution in [0.15, 0.2) is 36.4 Å². The molecule has 3 amide bonds. The van der Waals surface area contributed by atoms with Crippen molar-refractivity contribution in [3.63, 3.8) is 0 Å². The molecule has 2 aliphatic rings. The third-order valence-electron chi connectivity index (χ3n) is 7.88. The van der Waals surface area contributed by atoms with Crippen molar-refractivity contribution in [1.29, 1.82) is 0 Å². The molecule has 2 saturated heterocycles. The fourth-order valence-corrected chi connectivity index (χ4v) is 7.36. The lowest BCUT2D eigenvalue weighted by atomic mass is 10.1. The highest BCUT2D eigenvalue weighted by Crippen LogP contribution is 2.48. The van der Waals surface area contributed by atoms with Gasteiger partial charge in [0.1, 0.15) is 17.6 Å². The molecule has 0 spiro atoms. The molecule has 0 aliphatic carbocycles.